The van der Waals surface area contributed by atoms with Crippen LogP contribution in [0.4, 0.5) is 27.6 Å². The quantitative estimate of drug-likeness (QED) is 0.673. The van der Waals surface area contributed by atoms with Crippen LogP contribution in [0.1, 0.15) is 12.5 Å². The van der Waals surface area contributed by atoms with Crippen molar-refractivity contribution < 1.29 is 26.7 Å². The van der Waals surface area contributed by atoms with E-state index in [9.17, 15) is 22.0 Å². The van der Waals surface area contributed by atoms with Crippen molar-refractivity contribution in [3.63, 3.8) is 0 Å². The number of halogens is 5. The summed E-state index contributed by atoms with van der Waals surface area (Å²) in [5.41, 5.74) is -0.698. The van der Waals surface area contributed by atoms with Gasteiger partial charge in [-0.15, -0.1) is 0 Å². The molecule has 0 aliphatic carbocycles. The summed E-state index contributed by atoms with van der Waals surface area (Å²) in [6, 6.07) is 3.88. The highest BCUT2D eigenvalue weighted by atomic mass is 19.2. The summed E-state index contributed by atoms with van der Waals surface area (Å²) in [7, 11) is 0. The second kappa shape index (κ2) is 6.59. The molecule has 2 aromatic rings. The molecule has 0 atom stereocenters. The zero-order valence-electron chi connectivity index (χ0n) is 11.4. The fourth-order valence-corrected chi connectivity index (χ4v) is 1.76. The Hall–Kier alpha value is -2.38. The van der Waals surface area contributed by atoms with Gasteiger partial charge in [-0.2, -0.15) is 22.5 Å². The number of aromatic nitrogens is 1. The molecule has 0 saturated heterocycles. The number of hydrogen-bond acceptors (Lipinski definition) is 3. The summed E-state index contributed by atoms with van der Waals surface area (Å²) in [6.07, 6.45) is 0. The molecule has 0 radical (unpaired) electrons. The molecule has 0 unspecified atom stereocenters. The Morgan fingerprint density at radius 2 is 1.68 bits per heavy atom. The molecule has 2 rings (SSSR count). The van der Waals surface area contributed by atoms with Gasteiger partial charge < -0.3 is 10.1 Å². The van der Waals surface area contributed by atoms with Crippen LogP contribution in [-0.4, -0.2) is 11.6 Å². The summed E-state index contributed by atoms with van der Waals surface area (Å²) < 4.78 is 71.3. The van der Waals surface area contributed by atoms with E-state index < -0.39 is 35.0 Å². The van der Waals surface area contributed by atoms with E-state index in [4.69, 9.17) is 4.74 Å². The van der Waals surface area contributed by atoms with Crippen LogP contribution in [0.2, 0.25) is 0 Å². The highest BCUT2D eigenvalue weighted by molar-refractivity contribution is 5.46. The average molecular weight is 318 g/mol. The van der Waals surface area contributed by atoms with Gasteiger partial charge in [0.2, 0.25) is 11.6 Å². The normalized spacial score (nSPS) is 10.6. The van der Waals surface area contributed by atoms with Crippen molar-refractivity contribution in [2.24, 2.45) is 0 Å². The standard InChI is InChI=1S/C14H11F5N2O/c1-2-22-9-4-3-7(5-8(9)15)6-20-12-10(16)13(18)21-14(19)11(12)17/h3-5H,2,6H2,1H3,(H,20,21). The molecule has 0 bridgehead atoms. The lowest BCUT2D eigenvalue weighted by Gasteiger charge is -2.10. The SMILES string of the molecule is CCOc1ccc(CNc2c(F)c(F)nc(F)c2F)cc1F. The van der Waals surface area contributed by atoms with Gasteiger partial charge in [0.1, 0.15) is 5.69 Å². The van der Waals surface area contributed by atoms with E-state index in [1.165, 1.54) is 12.1 Å². The molecule has 118 valence electrons. The molecular weight excluding hydrogens is 307 g/mol. The maximum absolute atomic E-state index is 13.6. The molecule has 22 heavy (non-hydrogen) atoms. The van der Waals surface area contributed by atoms with E-state index >= 15 is 0 Å². The summed E-state index contributed by atoms with van der Waals surface area (Å²) in [4.78, 5) is 2.43. The van der Waals surface area contributed by atoms with Crippen LogP contribution in [0.25, 0.3) is 0 Å². The molecule has 1 aromatic carbocycles. The van der Waals surface area contributed by atoms with Gasteiger partial charge in [0.05, 0.1) is 6.61 Å². The molecule has 0 aliphatic heterocycles. The Balaban J connectivity index is 2.19. The lowest BCUT2D eigenvalue weighted by atomic mass is 10.2. The van der Waals surface area contributed by atoms with Crippen molar-refractivity contribution in [1.82, 2.24) is 4.98 Å². The van der Waals surface area contributed by atoms with Gasteiger partial charge in [0, 0.05) is 6.54 Å². The van der Waals surface area contributed by atoms with Crippen molar-refractivity contribution in [1.29, 1.82) is 0 Å². The molecule has 0 saturated carbocycles. The Bertz CT molecular complexity index is 667. The van der Waals surface area contributed by atoms with Gasteiger partial charge in [-0.3, -0.25) is 0 Å². The predicted molar refractivity (Wildman–Crippen MR) is 69.0 cm³/mol. The van der Waals surface area contributed by atoms with Crippen molar-refractivity contribution >= 4 is 5.69 Å². The number of rotatable bonds is 5. The molecule has 0 fully saturated rings. The van der Waals surface area contributed by atoms with Gasteiger partial charge in [-0.1, -0.05) is 6.07 Å². The third-order valence-corrected chi connectivity index (χ3v) is 2.76. The van der Waals surface area contributed by atoms with Crippen LogP contribution in [0, 0.1) is 29.3 Å². The Morgan fingerprint density at radius 1 is 1.05 bits per heavy atom. The first-order valence-electron chi connectivity index (χ1n) is 6.29. The number of nitrogens with one attached hydrogen (secondary N) is 1. The molecular formula is C14H11F5N2O. The predicted octanol–water partition coefficient (Wildman–Crippen LogP) is 3.79. The molecule has 1 heterocycles. The minimum absolute atomic E-state index is 0.0320. The first-order valence-corrected chi connectivity index (χ1v) is 6.29. The number of ether oxygens (including phenoxy) is 1. The van der Waals surface area contributed by atoms with Gasteiger partial charge in [-0.05, 0) is 24.6 Å². The fraction of sp³-hybridized carbons (Fsp3) is 0.214. The van der Waals surface area contributed by atoms with E-state index in [1.54, 1.807) is 6.92 Å². The monoisotopic (exact) mass is 318 g/mol. The van der Waals surface area contributed by atoms with Crippen LogP contribution in [0.15, 0.2) is 18.2 Å². The number of pyridine rings is 1. The molecule has 0 aliphatic rings. The molecule has 1 N–H and O–H groups in total. The minimum Gasteiger partial charge on any atom is -0.491 e. The molecule has 8 heteroatoms. The van der Waals surface area contributed by atoms with E-state index in [2.05, 4.69) is 10.3 Å². The summed E-state index contributed by atoms with van der Waals surface area (Å²) in [5.74, 6) is -7.45. The summed E-state index contributed by atoms with van der Waals surface area (Å²) in [6.45, 7) is 1.72. The summed E-state index contributed by atoms with van der Waals surface area (Å²) in [5, 5.41) is 2.18. The molecule has 0 spiro atoms. The van der Waals surface area contributed by atoms with E-state index in [-0.39, 0.29) is 18.9 Å². The molecule has 1 aromatic heterocycles. The third kappa shape index (κ3) is 3.26. The van der Waals surface area contributed by atoms with Crippen LogP contribution in [-0.2, 0) is 6.54 Å². The van der Waals surface area contributed by atoms with Crippen LogP contribution < -0.4 is 10.1 Å². The third-order valence-electron chi connectivity index (χ3n) is 2.76. The number of hydrogen-bond donors (Lipinski definition) is 1. The number of nitrogens with zero attached hydrogens (tertiary/aromatic N) is 1. The second-order valence-corrected chi connectivity index (χ2v) is 4.25. The maximum Gasteiger partial charge on any atom is 0.253 e. The summed E-state index contributed by atoms with van der Waals surface area (Å²) >= 11 is 0. The van der Waals surface area contributed by atoms with Crippen molar-refractivity contribution in [2.75, 3.05) is 11.9 Å². The number of anilines is 1. The van der Waals surface area contributed by atoms with Gasteiger partial charge in [0.25, 0.3) is 11.9 Å². The van der Waals surface area contributed by atoms with Gasteiger partial charge in [0.15, 0.2) is 11.6 Å². The van der Waals surface area contributed by atoms with Gasteiger partial charge >= 0.3 is 0 Å². The van der Waals surface area contributed by atoms with Crippen molar-refractivity contribution in [3.8, 4) is 5.75 Å². The highest BCUT2D eigenvalue weighted by Gasteiger charge is 2.20. The van der Waals surface area contributed by atoms with Crippen LogP contribution >= 0.6 is 0 Å². The number of benzene rings is 1. The Morgan fingerprint density at radius 3 is 2.23 bits per heavy atom. The van der Waals surface area contributed by atoms with E-state index in [0.29, 0.717) is 5.56 Å². The first kappa shape index (κ1) is 16.0. The molecule has 3 nitrogen and oxygen atoms in total. The van der Waals surface area contributed by atoms with Gasteiger partial charge in [-0.25, -0.2) is 4.39 Å². The van der Waals surface area contributed by atoms with Crippen molar-refractivity contribution in [2.45, 2.75) is 13.5 Å². The highest BCUT2D eigenvalue weighted by Crippen LogP contribution is 2.24. The maximum atomic E-state index is 13.6. The molecule has 0 amide bonds. The lowest BCUT2D eigenvalue weighted by Crippen LogP contribution is -2.09. The Kier molecular flexibility index (Phi) is 4.79. The first-order chi connectivity index (χ1) is 10.4. The fourth-order valence-electron chi connectivity index (χ4n) is 1.76. The Labute approximate surface area is 122 Å². The second-order valence-electron chi connectivity index (χ2n) is 4.25. The van der Waals surface area contributed by atoms with Crippen molar-refractivity contribution in [3.05, 3.63) is 53.1 Å². The minimum atomic E-state index is -1.76. The zero-order valence-corrected chi connectivity index (χ0v) is 11.4. The largest absolute Gasteiger partial charge is 0.491 e. The average Bonchev–Trinajstić information content (AvgIpc) is 2.48. The smallest absolute Gasteiger partial charge is 0.253 e. The van der Waals surface area contributed by atoms with E-state index in [1.807, 2.05) is 0 Å². The lowest BCUT2D eigenvalue weighted by molar-refractivity contribution is 0.321. The van der Waals surface area contributed by atoms with Crippen LogP contribution in [0.3, 0.4) is 0 Å². The topological polar surface area (TPSA) is 34.1 Å². The van der Waals surface area contributed by atoms with E-state index in [0.717, 1.165) is 6.07 Å². The zero-order chi connectivity index (χ0) is 16.3. The van der Waals surface area contributed by atoms with Crippen LogP contribution in [0.5, 0.6) is 5.75 Å².